The largest absolute Gasteiger partial charge is 0.389 e. The van der Waals surface area contributed by atoms with E-state index in [-0.39, 0.29) is 24.8 Å². The zero-order chi connectivity index (χ0) is 16.1. The molecule has 0 radical (unpaired) electrons. The number of benzene rings is 1. The smallest absolute Gasteiger partial charge is 0.274 e. The van der Waals surface area contributed by atoms with Crippen LogP contribution in [0.5, 0.6) is 0 Å². The van der Waals surface area contributed by atoms with Crippen molar-refractivity contribution in [1.29, 1.82) is 0 Å². The number of nitrogens with zero attached hydrogens (tertiary/aromatic N) is 3. The van der Waals surface area contributed by atoms with Gasteiger partial charge in [0, 0.05) is 26.9 Å². The van der Waals surface area contributed by atoms with Crippen molar-refractivity contribution >= 4 is 17.5 Å². The molecule has 6 nitrogen and oxygen atoms in total. The molecule has 1 heterocycles. The number of amides is 1. The Labute approximate surface area is 133 Å². The number of aromatic nitrogens is 2. The van der Waals surface area contributed by atoms with Gasteiger partial charge >= 0.3 is 0 Å². The van der Waals surface area contributed by atoms with E-state index in [9.17, 15) is 9.90 Å². The third-order valence-electron chi connectivity index (χ3n) is 3.10. The summed E-state index contributed by atoms with van der Waals surface area (Å²) in [5, 5.41) is 14.5. The number of ether oxygens (including phenoxy) is 1. The summed E-state index contributed by atoms with van der Waals surface area (Å²) in [6.07, 6.45) is 0.943. The van der Waals surface area contributed by atoms with Crippen LogP contribution in [-0.2, 0) is 4.74 Å². The second-order valence-corrected chi connectivity index (χ2v) is 5.30. The van der Waals surface area contributed by atoms with Crippen LogP contribution in [0.2, 0.25) is 5.02 Å². The first-order valence-corrected chi connectivity index (χ1v) is 7.13. The molecule has 22 heavy (non-hydrogen) atoms. The van der Waals surface area contributed by atoms with Crippen LogP contribution in [0.3, 0.4) is 0 Å². The molecule has 1 N–H and O–H groups in total. The molecule has 1 aromatic carbocycles. The number of aliphatic hydroxyl groups is 1. The summed E-state index contributed by atoms with van der Waals surface area (Å²) in [7, 11) is 3.10. The molecular weight excluding hydrogens is 306 g/mol. The van der Waals surface area contributed by atoms with Crippen molar-refractivity contribution in [3.05, 3.63) is 47.2 Å². The van der Waals surface area contributed by atoms with Crippen LogP contribution in [0, 0.1) is 0 Å². The highest BCUT2D eigenvalue weighted by Gasteiger charge is 2.18. The Kier molecular flexibility index (Phi) is 5.54. The summed E-state index contributed by atoms with van der Waals surface area (Å²) in [5.41, 5.74) is 0.984. The molecule has 2 rings (SSSR count). The number of rotatable bonds is 6. The monoisotopic (exact) mass is 323 g/mol. The molecule has 0 aliphatic heterocycles. The van der Waals surface area contributed by atoms with E-state index in [2.05, 4.69) is 5.10 Å². The van der Waals surface area contributed by atoms with Gasteiger partial charge in [-0.15, -0.1) is 0 Å². The van der Waals surface area contributed by atoms with E-state index in [0.717, 1.165) is 0 Å². The lowest BCUT2D eigenvalue weighted by atomic mass is 10.3. The number of carbonyl (C=O) groups is 1. The summed E-state index contributed by atoms with van der Waals surface area (Å²) in [6, 6.07) is 8.86. The molecule has 1 atom stereocenters. The van der Waals surface area contributed by atoms with E-state index < -0.39 is 6.10 Å². The van der Waals surface area contributed by atoms with Crippen LogP contribution in [-0.4, -0.2) is 59.1 Å². The van der Waals surface area contributed by atoms with Crippen LogP contribution in [0.4, 0.5) is 0 Å². The molecule has 1 unspecified atom stereocenters. The van der Waals surface area contributed by atoms with Gasteiger partial charge in [-0.1, -0.05) is 23.7 Å². The lowest BCUT2D eigenvalue weighted by molar-refractivity contribution is 0.0377. The minimum absolute atomic E-state index is 0.172. The predicted molar refractivity (Wildman–Crippen MR) is 83.4 cm³/mol. The topological polar surface area (TPSA) is 67.6 Å². The first-order valence-electron chi connectivity index (χ1n) is 6.76. The van der Waals surface area contributed by atoms with Gasteiger partial charge in [-0.2, -0.15) is 5.10 Å². The number of hydrogen-bond donors (Lipinski definition) is 1. The number of methoxy groups -OCH3 is 1. The van der Waals surface area contributed by atoms with E-state index >= 15 is 0 Å². The number of likely N-dealkylation sites (N-methyl/N-ethyl adjacent to an activating group) is 1. The van der Waals surface area contributed by atoms with Crippen molar-refractivity contribution in [3.63, 3.8) is 0 Å². The van der Waals surface area contributed by atoms with Crippen LogP contribution in [0.15, 0.2) is 36.5 Å². The van der Waals surface area contributed by atoms with E-state index in [1.165, 1.54) is 12.0 Å². The SMILES string of the molecule is COCC(O)CN(C)C(=O)c1ccn(-c2ccccc2Cl)n1. The van der Waals surface area contributed by atoms with Crippen molar-refractivity contribution < 1.29 is 14.6 Å². The highest BCUT2D eigenvalue weighted by Crippen LogP contribution is 2.19. The lowest BCUT2D eigenvalue weighted by Gasteiger charge is -2.19. The zero-order valence-electron chi connectivity index (χ0n) is 12.4. The molecule has 0 saturated carbocycles. The Hall–Kier alpha value is -1.89. The molecule has 2 aromatic rings. The molecule has 0 spiro atoms. The van der Waals surface area contributed by atoms with Gasteiger partial charge in [0.2, 0.25) is 0 Å². The van der Waals surface area contributed by atoms with Crippen molar-refractivity contribution in [3.8, 4) is 5.69 Å². The first-order chi connectivity index (χ1) is 10.5. The highest BCUT2D eigenvalue weighted by atomic mass is 35.5. The van der Waals surface area contributed by atoms with Gasteiger partial charge in [0.05, 0.1) is 23.4 Å². The molecule has 0 aliphatic rings. The molecule has 118 valence electrons. The molecule has 1 amide bonds. The van der Waals surface area contributed by atoms with Gasteiger partial charge < -0.3 is 14.7 Å². The fourth-order valence-electron chi connectivity index (χ4n) is 2.05. The second kappa shape index (κ2) is 7.40. The maximum absolute atomic E-state index is 12.3. The summed E-state index contributed by atoms with van der Waals surface area (Å²) in [4.78, 5) is 13.7. The Morgan fingerprint density at radius 3 is 2.86 bits per heavy atom. The van der Waals surface area contributed by atoms with Gasteiger partial charge in [0.25, 0.3) is 5.91 Å². The fraction of sp³-hybridized carbons (Fsp3) is 0.333. The maximum Gasteiger partial charge on any atom is 0.274 e. The molecule has 0 fully saturated rings. The van der Waals surface area contributed by atoms with Gasteiger partial charge in [0.15, 0.2) is 5.69 Å². The number of aliphatic hydroxyl groups excluding tert-OH is 1. The van der Waals surface area contributed by atoms with Crippen LogP contribution in [0.25, 0.3) is 5.69 Å². The maximum atomic E-state index is 12.3. The van der Waals surface area contributed by atoms with Crippen LogP contribution < -0.4 is 0 Å². The van der Waals surface area contributed by atoms with Gasteiger partial charge in [-0.05, 0) is 18.2 Å². The number of carbonyl (C=O) groups excluding carboxylic acids is 1. The van der Waals surface area contributed by atoms with Crippen molar-refractivity contribution in [1.82, 2.24) is 14.7 Å². The van der Waals surface area contributed by atoms with E-state index in [4.69, 9.17) is 16.3 Å². The average molecular weight is 324 g/mol. The summed E-state index contributed by atoms with van der Waals surface area (Å²) in [6.45, 7) is 0.345. The average Bonchev–Trinajstić information content (AvgIpc) is 2.96. The van der Waals surface area contributed by atoms with E-state index in [1.807, 2.05) is 18.2 Å². The number of para-hydroxylation sites is 1. The highest BCUT2D eigenvalue weighted by molar-refractivity contribution is 6.32. The Morgan fingerprint density at radius 2 is 2.18 bits per heavy atom. The Bertz CT molecular complexity index is 644. The third kappa shape index (κ3) is 3.85. The molecule has 0 saturated heterocycles. The van der Waals surface area contributed by atoms with Gasteiger partial charge in [0.1, 0.15) is 0 Å². The predicted octanol–water partition coefficient (Wildman–Crippen LogP) is 1.60. The van der Waals surface area contributed by atoms with Crippen LogP contribution >= 0.6 is 11.6 Å². The number of hydrogen-bond acceptors (Lipinski definition) is 4. The number of halogens is 1. The molecule has 0 aliphatic carbocycles. The quantitative estimate of drug-likeness (QED) is 0.877. The summed E-state index contributed by atoms with van der Waals surface area (Å²) >= 11 is 6.11. The van der Waals surface area contributed by atoms with Crippen molar-refractivity contribution in [2.24, 2.45) is 0 Å². The van der Waals surface area contributed by atoms with Gasteiger partial charge in [-0.3, -0.25) is 4.79 Å². The van der Waals surface area contributed by atoms with E-state index in [1.54, 1.807) is 30.1 Å². The van der Waals surface area contributed by atoms with Crippen molar-refractivity contribution in [2.75, 3.05) is 27.3 Å². The second-order valence-electron chi connectivity index (χ2n) is 4.89. The Morgan fingerprint density at radius 1 is 1.45 bits per heavy atom. The van der Waals surface area contributed by atoms with Crippen molar-refractivity contribution in [2.45, 2.75) is 6.10 Å². The standard InChI is InChI=1S/C15H18ClN3O3/c1-18(9-11(20)10-22-2)15(21)13-7-8-19(17-13)14-6-4-3-5-12(14)16/h3-8,11,20H,9-10H2,1-2H3. The molecule has 0 bridgehead atoms. The Balaban J connectivity index is 2.11. The lowest BCUT2D eigenvalue weighted by Crippen LogP contribution is -2.36. The first kappa shape index (κ1) is 16.5. The minimum atomic E-state index is -0.732. The third-order valence-corrected chi connectivity index (χ3v) is 3.42. The normalized spacial score (nSPS) is 12.2. The van der Waals surface area contributed by atoms with Gasteiger partial charge in [-0.25, -0.2) is 4.68 Å². The molecule has 1 aromatic heterocycles. The minimum Gasteiger partial charge on any atom is -0.389 e. The molecule has 7 heteroatoms. The molecular formula is C15H18ClN3O3. The van der Waals surface area contributed by atoms with E-state index in [0.29, 0.717) is 10.7 Å². The summed E-state index contributed by atoms with van der Waals surface area (Å²) < 4.78 is 6.39. The van der Waals surface area contributed by atoms with Crippen LogP contribution in [0.1, 0.15) is 10.5 Å². The zero-order valence-corrected chi connectivity index (χ0v) is 13.2. The fourth-order valence-corrected chi connectivity index (χ4v) is 2.27. The summed E-state index contributed by atoms with van der Waals surface area (Å²) in [5.74, 6) is -0.277.